The maximum absolute atomic E-state index is 13.5. The number of carbonyl (C=O) groups excluding carboxylic acids is 3. The summed E-state index contributed by atoms with van der Waals surface area (Å²) < 4.78 is 40.8. The summed E-state index contributed by atoms with van der Waals surface area (Å²) in [5.74, 6) is -1.40. The lowest BCUT2D eigenvalue weighted by Crippen LogP contribution is -2.31. The summed E-state index contributed by atoms with van der Waals surface area (Å²) >= 11 is 7.55. The van der Waals surface area contributed by atoms with E-state index in [0.717, 1.165) is 29.5 Å². The Morgan fingerprint density at radius 1 is 1.02 bits per heavy atom. The van der Waals surface area contributed by atoms with Gasteiger partial charge in [-0.05, 0) is 42.0 Å². The van der Waals surface area contributed by atoms with E-state index in [2.05, 4.69) is 10.3 Å². The molecule has 42 heavy (non-hydrogen) atoms. The zero-order valence-corrected chi connectivity index (χ0v) is 24.1. The molecule has 0 bridgehead atoms. The molecule has 1 saturated heterocycles. The summed E-state index contributed by atoms with van der Waals surface area (Å²) in [6, 6.07) is 20.6. The van der Waals surface area contributed by atoms with Crippen molar-refractivity contribution in [2.75, 3.05) is 17.6 Å². The number of amides is 2. The summed E-state index contributed by atoms with van der Waals surface area (Å²) in [4.78, 5) is 45.4. The minimum Gasteiger partial charge on any atom is -0.325 e. The van der Waals surface area contributed by atoms with Crippen molar-refractivity contribution in [3.8, 4) is 0 Å². The number of alkyl halides is 3. The number of hydrogen-bond donors (Lipinski definition) is 1. The van der Waals surface area contributed by atoms with Crippen LogP contribution in [0.4, 0.5) is 18.9 Å². The Morgan fingerprint density at radius 2 is 1.76 bits per heavy atom. The van der Waals surface area contributed by atoms with Crippen LogP contribution in [-0.2, 0) is 15.8 Å². The van der Waals surface area contributed by atoms with Crippen molar-refractivity contribution in [2.24, 2.45) is 0 Å². The zero-order chi connectivity index (χ0) is 29.9. The van der Waals surface area contributed by atoms with Crippen LogP contribution in [0.2, 0.25) is 0 Å². The fourth-order valence-electron chi connectivity index (χ4n) is 4.15. The second-order valence-corrected chi connectivity index (χ2v) is 11.6. The van der Waals surface area contributed by atoms with Crippen molar-refractivity contribution in [3.63, 3.8) is 0 Å². The van der Waals surface area contributed by atoms with Gasteiger partial charge in [-0.15, -0.1) is 0 Å². The van der Waals surface area contributed by atoms with Gasteiger partial charge in [-0.25, -0.2) is 4.98 Å². The van der Waals surface area contributed by atoms with Crippen LogP contribution >= 0.6 is 35.7 Å². The quantitative estimate of drug-likeness (QED) is 0.132. The number of thioether (sulfide) groups is 2. The molecule has 1 aliphatic rings. The van der Waals surface area contributed by atoms with Gasteiger partial charge < -0.3 is 5.32 Å². The van der Waals surface area contributed by atoms with E-state index in [-0.39, 0.29) is 41.4 Å². The van der Waals surface area contributed by atoms with Gasteiger partial charge in [-0.1, -0.05) is 84.3 Å². The first-order valence-corrected chi connectivity index (χ1v) is 14.7. The second-order valence-electron chi connectivity index (χ2n) is 9.02. The van der Waals surface area contributed by atoms with E-state index in [0.29, 0.717) is 20.3 Å². The number of benzene rings is 3. The number of para-hydroxylation sites is 2. The molecule has 1 aromatic heterocycles. The van der Waals surface area contributed by atoms with Crippen LogP contribution in [0.15, 0.2) is 88.9 Å². The topological polar surface area (TPSA) is 84.3 Å². The number of anilines is 1. The van der Waals surface area contributed by atoms with Gasteiger partial charge in [0.15, 0.2) is 5.16 Å². The standard InChI is InChI=1S/C29H21F3N4O3S3/c30-29(31,32)19-9-6-10-20(16-19)33-24(37)17-41-27-34-21-11-4-5-12-22(21)36(27)25(38)13-14-35-26(39)23(42-28(35)40)15-18-7-2-1-3-8-18/h1-12,15-16H,13-14,17H2,(H,33,37). The summed E-state index contributed by atoms with van der Waals surface area (Å²) in [6.45, 7) is 0.0578. The first-order chi connectivity index (χ1) is 20.1. The van der Waals surface area contributed by atoms with Gasteiger partial charge in [0.25, 0.3) is 5.91 Å². The minimum atomic E-state index is -4.54. The molecule has 1 N–H and O–H groups in total. The van der Waals surface area contributed by atoms with Gasteiger partial charge in [-0.3, -0.25) is 23.9 Å². The number of hydrogen-bond acceptors (Lipinski definition) is 7. The van der Waals surface area contributed by atoms with E-state index in [9.17, 15) is 27.6 Å². The monoisotopic (exact) mass is 626 g/mol. The number of fused-ring (bicyclic) bond motifs is 1. The molecule has 0 unspecified atom stereocenters. The number of carbonyl (C=O) groups is 3. The molecule has 3 aromatic carbocycles. The van der Waals surface area contributed by atoms with Gasteiger partial charge in [0.1, 0.15) is 4.32 Å². The molecule has 214 valence electrons. The summed E-state index contributed by atoms with van der Waals surface area (Å²) in [7, 11) is 0. The molecule has 0 atom stereocenters. The van der Waals surface area contributed by atoms with Gasteiger partial charge in [0, 0.05) is 18.7 Å². The molecule has 0 aliphatic carbocycles. The molecular formula is C29H21F3N4O3S3. The number of halogens is 3. The van der Waals surface area contributed by atoms with E-state index in [1.165, 1.54) is 33.4 Å². The van der Waals surface area contributed by atoms with Gasteiger partial charge in [0.2, 0.25) is 11.8 Å². The zero-order valence-electron chi connectivity index (χ0n) is 21.6. The third-order valence-corrected chi connectivity index (χ3v) is 8.42. The van der Waals surface area contributed by atoms with Crippen molar-refractivity contribution in [3.05, 3.63) is 94.9 Å². The van der Waals surface area contributed by atoms with E-state index >= 15 is 0 Å². The molecular weight excluding hydrogens is 606 g/mol. The Labute approximate surface area is 252 Å². The first-order valence-electron chi connectivity index (χ1n) is 12.5. The van der Waals surface area contributed by atoms with Gasteiger partial charge >= 0.3 is 6.18 Å². The molecule has 2 heterocycles. The molecule has 4 aromatic rings. The molecule has 0 radical (unpaired) electrons. The van der Waals surface area contributed by atoms with Crippen LogP contribution in [0.5, 0.6) is 0 Å². The lowest BCUT2D eigenvalue weighted by atomic mass is 10.2. The Morgan fingerprint density at radius 3 is 2.52 bits per heavy atom. The van der Waals surface area contributed by atoms with Crippen molar-refractivity contribution in [2.45, 2.75) is 17.8 Å². The highest BCUT2D eigenvalue weighted by Crippen LogP contribution is 2.33. The van der Waals surface area contributed by atoms with E-state index < -0.39 is 17.6 Å². The molecule has 5 rings (SSSR count). The number of nitrogens with zero attached hydrogens (tertiary/aromatic N) is 3. The number of rotatable bonds is 8. The van der Waals surface area contributed by atoms with Crippen LogP contribution in [0, 0.1) is 0 Å². The van der Waals surface area contributed by atoms with Crippen LogP contribution < -0.4 is 5.32 Å². The predicted octanol–water partition coefficient (Wildman–Crippen LogP) is 6.72. The van der Waals surface area contributed by atoms with Crippen molar-refractivity contribution < 1.29 is 27.6 Å². The molecule has 0 saturated carbocycles. The Balaban J connectivity index is 1.27. The molecule has 1 fully saturated rings. The highest BCUT2D eigenvalue weighted by atomic mass is 32.2. The van der Waals surface area contributed by atoms with Gasteiger partial charge in [0.05, 0.1) is 27.3 Å². The second kappa shape index (κ2) is 12.5. The average molecular weight is 627 g/mol. The van der Waals surface area contributed by atoms with Crippen LogP contribution in [0.3, 0.4) is 0 Å². The minimum absolute atomic E-state index is 0.00445. The van der Waals surface area contributed by atoms with Crippen LogP contribution in [-0.4, -0.2) is 48.8 Å². The number of imidazole rings is 1. The highest BCUT2D eigenvalue weighted by Gasteiger charge is 2.33. The number of nitrogens with one attached hydrogen (secondary N) is 1. The number of aromatic nitrogens is 2. The largest absolute Gasteiger partial charge is 0.416 e. The lowest BCUT2D eigenvalue weighted by Gasteiger charge is -2.15. The highest BCUT2D eigenvalue weighted by molar-refractivity contribution is 8.26. The molecule has 7 nitrogen and oxygen atoms in total. The molecule has 1 aliphatic heterocycles. The van der Waals surface area contributed by atoms with E-state index in [1.54, 1.807) is 30.3 Å². The Bertz CT molecular complexity index is 1720. The third-order valence-electron chi connectivity index (χ3n) is 6.11. The van der Waals surface area contributed by atoms with Crippen LogP contribution in [0.1, 0.15) is 22.3 Å². The predicted molar refractivity (Wildman–Crippen MR) is 162 cm³/mol. The van der Waals surface area contributed by atoms with Crippen molar-refractivity contribution >= 4 is 80.6 Å². The number of thiocarbonyl (C=S) groups is 1. The third kappa shape index (κ3) is 6.75. The Hall–Kier alpha value is -3.94. The summed E-state index contributed by atoms with van der Waals surface area (Å²) in [5.41, 5.74) is 1.04. The fraction of sp³-hybridized carbons (Fsp3) is 0.138. The van der Waals surface area contributed by atoms with Crippen LogP contribution in [0.25, 0.3) is 17.1 Å². The lowest BCUT2D eigenvalue weighted by molar-refractivity contribution is -0.137. The molecule has 2 amide bonds. The fourth-order valence-corrected chi connectivity index (χ4v) is 6.29. The van der Waals surface area contributed by atoms with E-state index in [1.807, 2.05) is 30.3 Å². The average Bonchev–Trinajstić information content (AvgIpc) is 3.46. The van der Waals surface area contributed by atoms with Crippen molar-refractivity contribution in [1.29, 1.82) is 0 Å². The maximum Gasteiger partial charge on any atom is 0.416 e. The smallest absolute Gasteiger partial charge is 0.325 e. The maximum atomic E-state index is 13.5. The molecule has 13 heteroatoms. The van der Waals surface area contributed by atoms with Gasteiger partial charge in [-0.2, -0.15) is 13.2 Å². The van der Waals surface area contributed by atoms with E-state index in [4.69, 9.17) is 12.2 Å². The molecule has 0 spiro atoms. The van der Waals surface area contributed by atoms with Crippen molar-refractivity contribution in [1.82, 2.24) is 14.5 Å². The SMILES string of the molecule is O=C(CSc1nc2ccccc2n1C(=O)CCN1C(=O)C(=Cc2ccccc2)SC1=S)Nc1cccc(C(F)(F)F)c1. The Kier molecular flexibility index (Phi) is 8.80. The summed E-state index contributed by atoms with van der Waals surface area (Å²) in [5, 5.41) is 2.70. The first kappa shape index (κ1) is 29.5. The normalized spacial score (nSPS) is 14.6. The summed E-state index contributed by atoms with van der Waals surface area (Å²) in [6.07, 6.45) is -2.85.